The van der Waals surface area contributed by atoms with Gasteiger partial charge in [0.15, 0.2) is 0 Å². The van der Waals surface area contributed by atoms with Gasteiger partial charge in [0, 0.05) is 25.4 Å². The van der Waals surface area contributed by atoms with Gasteiger partial charge in [-0.1, -0.05) is 25.3 Å². The van der Waals surface area contributed by atoms with Gasteiger partial charge in [0.25, 0.3) is 0 Å². The zero-order chi connectivity index (χ0) is 12.8. The van der Waals surface area contributed by atoms with Crippen LogP contribution < -0.4 is 11.3 Å². The number of aromatic nitrogens is 1. The highest BCUT2D eigenvalue weighted by Gasteiger charge is 2.39. The van der Waals surface area contributed by atoms with Gasteiger partial charge in [0.1, 0.15) is 0 Å². The Labute approximate surface area is 109 Å². The number of rotatable bonds is 5. The van der Waals surface area contributed by atoms with Crippen LogP contribution in [0.5, 0.6) is 0 Å². The maximum Gasteiger partial charge on any atom is 0.0848 e. The highest BCUT2D eigenvalue weighted by molar-refractivity contribution is 5.08. The Bertz CT molecular complexity index is 349. The fourth-order valence-electron chi connectivity index (χ4n) is 2.97. The average Bonchev–Trinajstić information content (AvgIpc) is 2.46. The second-order valence-electron chi connectivity index (χ2n) is 5.07. The highest BCUT2D eigenvalue weighted by Crippen LogP contribution is 2.34. The summed E-state index contributed by atoms with van der Waals surface area (Å²) in [5.74, 6) is 5.75. The van der Waals surface area contributed by atoms with Gasteiger partial charge in [-0.05, 0) is 25.0 Å². The van der Waals surface area contributed by atoms with Gasteiger partial charge < -0.3 is 4.74 Å². The number of hydrogen-bond acceptors (Lipinski definition) is 4. The number of hydrazine groups is 1. The number of methoxy groups -OCH3 is 1. The Kier molecular flexibility index (Phi) is 4.69. The van der Waals surface area contributed by atoms with E-state index < -0.39 is 0 Å². The van der Waals surface area contributed by atoms with Crippen LogP contribution in [0.1, 0.15) is 37.8 Å². The monoisotopic (exact) mass is 249 g/mol. The van der Waals surface area contributed by atoms with Gasteiger partial charge in [0.05, 0.1) is 11.6 Å². The molecule has 1 atom stereocenters. The molecule has 0 amide bonds. The molecule has 3 N–H and O–H groups in total. The summed E-state index contributed by atoms with van der Waals surface area (Å²) in [6.07, 6.45) is 8.51. The predicted octanol–water partition coefficient (Wildman–Crippen LogP) is 1.81. The minimum Gasteiger partial charge on any atom is -0.377 e. The third kappa shape index (κ3) is 2.88. The van der Waals surface area contributed by atoms with Crippen LogP contribution in [0.25, 0.3) is 0 Å². The van der Waals surface area contributed by atoms with Crippen LogP contribution in [0, 0.1) is 0 Å². The van der Waals surface area contributed by atoms with Gasteiger partial charge in [-0.15, -0.1) is 0 Å². The van der Waals surface area contributed by atoms with E-state index in [0.29, 0.717) is 0 Å². The Morgan fingerprint density at radius 3 is 2.72 bits per heavy atom. The quantitative estimate of drug-likeness (QED) is 0.617. The molecule has 0 aromatic carbocycles. The van der Waals surface area contributed by atoms with E-state index in [2.05, 4.69) is 10.4 Å². The van der Waals surface area contributed by atoms with E-state index in [0.717, 1.165) is 25.0 Å². The van der Waals surface area contributed by atoms with Crippen molar-refractivity contribution in [2.45, 2.75) is 50.2 Å². The molecule has 1 heterocycles. The van der Waals surface area contributed by atoms with E-state index in [-0.39, 0.29) is 11.6 Å². The lowest BCUT2D eigenvalue weighted by Gasteiger charge is -2.42. The first-order valence-corrected chi connectivity index (χ1v) is 6.72. The summed E-state index contributed by atoms with van der Waals surface area (Å²) >= 11 is 0. The van der Waals surface area contributed by atoms with Gasteiger partial charge >= 0.3 is 0 Å². The number of nitrogens with two attached hydrogens (primary N) is 1. The number of nitrogens with one attached hydrogen (secondary N) is 1. The molecule has 0 spiro atoms. The standard InChI is InChI=1S/C14H23N3O/c1-18-14(8-4-2-5-9-14)13(17-15)11-12-7-3-6-10-16-12/h3,6-7,10,13,17H,2,4-5,8-9,11,15H2,1H3. The fourth-order valence-corrected chi connectivity index (χ4v) is 2.97. The third-order valence-electron chi connectivity index (χ3n) is 4.08. The van der Waals surface area contributed by atoms with Crippen molar-refractivity contribution in [3.05, 3.63) is 30.1 Å². The first-order valence-electron chi connectivity index (χ1n) is 6.72. The number of hydrogen-bond donors (Lipinski definition) is 2. The van der Waals surface area contributed by atoms with Crippen LogP contribution in [0.3, 0.4) is 0 Å². The van der Waals surface area contributed by atoms with E-state index in [9.17, 15) is 0 Å². The molecule has 1 aliphatic carbocycles. The molecule has 1 unspecified atom stereocenters. The lowest BCUT2D eigenvalue weighted by molar-refractivity contribution is -0.0675. The Morgan fingerprint density at radius 2 is 2.17 bits per heavy atom. The van der Waals surface area contributed by atoms with Crippen LogP contribution in [-0.2, 0) is 11.2 Å². The minimum absolute atomic E-state index is 0.123. The minimum atomic E-state index is -0.134. The van der Waals surface area contributed by atoms with Crippen LogP contribution in [0.15, 0.2) is 24.4 Å². The second kappa shape index (κ2) is 6.27. The van der Waals surface area contributed by atoms with Crippen LogP contribution >= 0.6 is 0 Å². The van der Waals surface area contributed by atoms with E-state index in [1.807, 2.05) is 24.4 Å². The topological polar surface area (TPSA) is 60.2 Å². The molecule has 1 fully saturated rings. The first kappa shape index (κ1) is 13.5. The van der Waals surface area contributed by atoms with Crippen molar-refractivity contribution in [3.8, 4) is 0 Å². The molecule has 1 aromatic heterocycles. The fraction of sp³-hybridized carbons (Fsp3) is 0.643. The molecule has 1 aromatic rings. The summed E-state index contributed by atoms with van der Waals surface area (Å²) in [5, 5.41) is 0. The molecule has 0 bridgehead atoms. The molecule has 100 valence electrons. The number of nitrogens with zero attached hydrogens (tertiary/aromatic N) is 1. The van der Waals surface area contributed by atoms with Crippen LogP contribution in [-0.4, -0.2) is 23.7 Å². The largest absolute Gasteiger partial charge is 0.377 e. The van der Waals surface area contributed by atoms with Gasteiger partial charge in [0.2, 0.25) is 0 Å². The summed E-state index contributed by atoms with van der Waals surface area (Å²) in [4.78, 5) is 4.38. The lowest BCUT2D eigenvalue weighted by atomic mass is 9.78. The van der Waals surface area contributed by atoms with Crippen LogP contribution in [0.4, 0.5) is 0 Å². The maximum atomic E-state index is 5.83. The predicted molar refractivity (Wildman–Crippen MR) is 71.9 cm³/mol. The Hall–Kier alpha value is -0.970. The van der Waals surface area contributed by atoms with Crippen molar-refractivity contribution in [1.82, 2.24) is 10.4 Å². The molecule has 0 radical (unpaired) electrons. The Morgan fingerprint density at radius 1 is 1.39 bits per heavy atom. The molecule has 0 saturated heterocycles. The molecule has 2 rings (SSSR count). The molecule has 4 nitrogen and oxygen atoms in total. The molecule has 1 aliphatic rings. The van der Waals surface area contributed by atoms with Crippen molar-refractivity contribution in [1.29, 1.82) is 0 Å². The van der Waals surface area contributed by atoms with Crippen molar-refractivity contribution in [2.75, 3.05) is 7.11 Å². The summed E-state index contributed by atoms with van der Waals surface area (Å²) in [6.45, 7) is 0. The normalized spacial score (nSPS) is 20.6. The summed E-state index contributed by atoms with van der Waals surface area (Å²) in [6, 6.07) is 6.10. The SMILES string of the molecule is COC1(C(Cc2ccccn2)NN)CCCCC1. The zero-order valence-corrected chi connectivity index (χ0v) is 11.1. The zero-order valence-electron chi connectivity index (χ0n) is 11.1. The second-order valence-corrected chi connectivity index (χ2v) is 5.07. The molecule has 0 aliphatic heterocycles. The van der Waals surface area contributed by atoms with Crippen molar-refractivity contribution in [2.24, 2.45) is 5.84 Å². The van der Waals surface area contributed by atoms with E-state index in [4.69, 9.17) is 10.6 Å². The molecular weight excluding hydrogens is 226 g/mol. The first-order chi connectivity index (χ1) is 8.80. The number of pyridine rings is 1. The van der Waals surface area contributed by atoms with Crippen molar-refractivity contribution < 1.29 is 4.74 Å². The molecule has 18 heavy (non-hydrogen) atoms. The summed E-state index contributed by atoms with van der Waals surface area (Å²) in [5.41, 5.74) is 3.87. The highest BCUT2D eigenvalue weighted by atomic mass is 16.5. The lowest BCUT2D eigenvalue weighted by Crippen LogP contribution is -2.56. The third-order valence-corrected chi connectivity index (χ3v) is 4.08. The molecule has 4 heteroatoms. The summed E-state index contributed by atoms with van der Waals surface area (Å²) < 4.78 is 5.83. The molecule has 1 saturated carbocycles. The Balaban J connectivity index is 2.11. The molecular formula is C14H23N3O. The van der Waals surface area contributed by atoms with E-state index in [1.165, 1.54) is 19.3 Å². The van der Waals surface area contributed by atoms with Crippen LogP contribution in [0.2, 0.25) is 0 Å². The maximum absolute atomic E-state index is 5.83. The number of ether oxygens (including phenoxy) is 1. The smallest absolute Gasteiger partial charge is 0.0848 e. The van der Waals surface area contributed by atoms with Gasteiger partial charge in [-0.3, -0.25) is 16.3 Å². The van der Waals surface area contributed by atoms with E-state index in [1.54, 1.807) is 7.11 Å². The summed E-state index contributed by atoms with van der Waals surface area (Å²) in [7, 11) is 1.80. The van der Waals surface area contributed by atoms with Gasteiger partial charge in [-0.2, -0.15) is 0 Å². The van der Waals surface area contributed by atoms with Crippen molar-refractivity contribution >= 4 is 0 Å². The average molecular weight is 249 g/mol. The van der Waals surface area contributed by atoms with Crippen molar-refractivity contribution in [3.63, 3.8) is 0 Å². The van der Waals surface area contributed by atoms with Gasteiger partial charge in [-0.25, -0.2) is 0 Å². The van der Waals surface area contributed by atoms with E-state index >= 15 is 0 Å².